The second kappa shape index (κ2) is 7.27. The van der Waals surface area contributed by atoms with Crippen molar-refractivity contribution in [3.63, 3.8) is 0 Å². The summed E-state index contributed by atoms with van der Waals surface area (Å²) in [5.74, 6) is 0.605. The third-order valence-electron chi connectivity index (χ3n) is 4.11. The minimum Gasteiger partial charge on any atom is -0.497 e. The third kappa shape index (κ3) is 4.47. The Balaban J connectivity index is 1.68. The van der Waals surface area contributed by atoms with Crippen LogP contribution in [0.2, 0.25) is 0 Å². The standard InChI is InChI=1S/C17H19F3N4O2/c1-26-13-6-3-5-12(8-13)21-16(25)22-14-7-2-4-11-9-24(23-15(11)14)10-17(18,19)20/h3,5-6,8-9,14H,2,4,7,10H2,1H3,(H2,21,22,25)/t14-/m0/s1. The lowest BCUT2D eigenvalue weighted by Gasteiger charge is -2.22. The van der Waals surface area contributed by atoms with Gasteiger partial charge in [0.25, 0.3) is 0 Å². The van der Waals surface area contributed by atoms with E-state index in [9.17, 15) is 18.0 Å². The van der Waals surface area contributed by atoms with Crippen molar-refractivity contribution in [2.45, 2.75) is 38.0 Å². The van der Waals surface area contributed by atoms with Gasteiger partial charge < -0.3 is 15.4 Å². The summed E-state index contributed by atoms with van der Waals surface area (Å²) in [5, 5.41) is 9.52. The summed E-state index contributed by atoms with van der Waals surface area (Å²) < 4.78 is 43.7. The molecule has 0 radical (unpaired) electrons. The maximum atomic E-state index is 12.6. The van der Waals surface area contributed by atoms with Crippen LogP contribution < -0.4 is 15.4 Å². The van der Waals surface area contributed by atoms with Crippen LogP contribution in [-0.4, -0.2) is 29.1 Å². The molecular weight excluding hydrogens is 349 g/mol. The number of nitrogens with one attached hydrogen (secondary N) is 2. The van der Waals surface area contributed by atoms with Gasteiger partial charge in [0, 0.05) is 18.0 Å². The molecule has 0 unspecified atom stereocenters. The Bertz CT molecular complexity index is 789. The number of rotatable bonds is 4. The summed E-state index contributed by atoms with van der Waals surface area (Å²) in [7, 11) is 1.53. The highest BCUT2D eigenvalue weighted by Gasteiger charge is 2.31. The summed E-state index contributed by atoms with van der Waals surface area (Å²) in [6.07, 6.45) is -0.864. The molecule has 3 rings (SSSR count). The van der Waals surface area contributed by atoms with Gasteiger partial charge in [0.2, 0.25) is 0 Å². The molecule has 0 spiro atoms. The predicted octanol–water partition coefficient (Wildman–Crippen LogP) is 3.65. The van der Waals surface area contributed by atoms with E-state index in [1.165, 1.54) is 13.3 Å². The van der Waals surface area contributed by atoms with Gasteiger partial charge in [-0.1, -0.05) is 6.07 Å². The lowest BCUT2D eigenvalue weighted by Crippen LogP contribution is -2.34. The fourth-order valence-corrected chi connectivity index (χ4v) is 3.03. The van der Waals surface area contributed by atoms with Crippen molar-refractivity contribution in [1.82, 2.24) is 15.1 Å². The number of carbonyl (C=O) groups excluding carboxylic acids is 1. The Kier molecular flexibility index (Phi) is 5.06. The lowest BCUT2D eigenvalue weighted by molar-refractivity contribution is -0.142. The lowest BCUT2D eigenvalue weighted by atomic mass is 9.94. The van der Waals surface area contributed by atoms with Crippen molar-refractivity contribution in [3.05, 3.63) is 41.7 Å². The molecule has 1 heterocycles. The van der Waals surface area contributed by atoms with Crippen LogP contribution in [0.25, 0.3) is 0 Å². The average molecular weight is 368 g/mol. The minimum absolute atomic E-state index is 0.418. The first-order chi connectivity index (χ1) is 12.3. The van der Waals surface area contributed by atoms with Gasteiger partial charge in [-0.05, 0) is 37.0 Å². The number of hydrogen-bond acceptors (Lipinski definition) is 3. The number of aryl methyl sites for hydroxylation is 1. The number of amides is 2. The smallest absolute Gasteiger partial charge is 0.408 e. The second-order valence-electron chi connectivity index (χ2n) is 6.13. The molecule has 2 N–H and O–H groups in total. The number of methoxy groups -OCH3 is 1. The van der Waals surface area contributed by atoms with Crippen molar-refractivity contribution >= 4 is 11.7 Å². The van der Waals surface area contributed by atoms with Crippen LogP contribution in [0.4, 0.5) is 23.7 Å². The molecule has 2 aromatic rings. The van der Waals surface area contributed by atoms with E-state index in [0.29, 0.717) is 30.0 Å². The SMILES string of the molecule is COc1cccc(NC(=O)N[C@H]2CCCc3cn(CC(F)(F)F)nc32)c1. The summed E-state index contributed by atoms with van der Waals surface area (Å²) in [6, 6.07) is 6.02. The fraction of sp³-hybridized carbons (Fsp3) is 0.412. The number of hydrogen-bond donors (Lipinski definition) is 2. The zero-order valence-electron chi connectivity index (χ0n) is 14.1. The molecule has 1 aromatic heterocycles. The van der Waals surface area contributed by atoms with Gasteiger partial charge in [0.15, 0.2) is 0 Å². The Morgan fingerprint density at radius 1 is 1.42 bits per heavy atom. The van der Waals surface area contributed by atoms with E-state index in [1.54, 1.807) is 24.3 Å². The molecule has 0 saturated carbocycles. The van der Waals surface area contributed by atoms with E-state index < -0.39 is 24.8 Å². The number of aromatic nitrogens is 2. The van der Waals surface area contributed by atoms with Gasteiger partial charge in [-0.25, -0.2) is 4.79 Å². The van der Waals surface area contributed by atoms with Gasteiger partial charge >= 0.3 is 12.2 Å². The van der Waals surface area contributed by atoms with Gasteiger partial charge in [-0.3, -0.25) is 4.68 Å². The highest BCUT2D eigenvalue weighted by Crippen LogP contribution is 2.29. The molecule has 2 amide bonds. The minimum atomic E-state index is -4.33. The predicted molar refractivity (Wildman–Crippen MR) is 89.1 cm³/mol. The van der Waals surface area contributed by atoms with Gasteiger partial charge in [0.1, 0.15) is 12.3 Å². The molecular formula is C17H19F3N4O2. The molecule has 9 heteroatoms. The zero-order valence-corrected chi connectivity index (χ0v) is 14.1. The number of ether oxygens (including phenoxy) is 1. The van der Waals surface area contributed by atoms with Gasteiger partial charge in [0.05, 0.1) is 18.8 Å². The Labute approximate surface area is 148 Å². The maximum absolute atomic E-state index is 12.6. The summed E-state index contributed by atoms with van der Waals surface area (Å²) in [5.41, 5.74) is 1.80. The average Bonchev–Trinajstić information content (AvgIpc) is 2.96. The molecule has 1 aliphatic rings. The van der Waals surface area contributed by atoms with E-state index in [-0.39, 0.29) is 0 Å². The number of halogens is 3. The van der Waals surface area contributed by atoms with Crippen LogP contribution in [0, 0.1) is 0 Å². The second-order valence-corrected chi connectivity index (χ2v) is 6.13. The molecule has 0 fully saturated rings. The molecule has 140 valence electrons. The quantitative estimate of drug-likeness (QED) is 0.866. The number of benzene rings is 1. The number of carbonyl (C=O) groups is 1. The van der Waals surface area contributed by atoms with E-state index >= 15 is 0 Å². The highest BCUT2D eigenvalue weighted by atomic mass is 19.4. The molecule has 1 atom stereocenters. The number of anilines is 1. The molecule has 0 saturated heterocycles. The summed E-state index contributed by atoms with van der Waals surface area (Å²) in [6.45, 7) is -1.14. The summed E-state index contributed by atoms with van der Waals surface area (Å²) in [4.78, 5) is 12.2. The van der Waals surface area contributed by atoms with Crippen molar-refractivity contribution in [2.75, 3.05) is 12.4 Å². The number of urea groups is 1. The summed E-state index contributed by atoms with van der Waals surface area (Å²) >= 11 is 0. The first-order valence-electron chi connectivity index (χ1n) is 8.18. The van der Waals surface area contributed by atoms with E-state index in [1.807, 2.05) is 0 Å². The highest BCUT2D eigenvalue weighted by molar-refractivity contribution is 5.89. The van der Waals surface area contributed by atoms with Crippen molar-refractivity contribution in [1.29, 1.82) is 0 Å². The number of fused-ring (bicyclic) bond motifs is 1. The Morgan fingerprint density at radius 2 is 2.23 bits per heavy atom. The van der Waals surface area contributed by atoms with Crippen LogP contribution in [-0.2, 0) is 13.0 Å². The largest absolute Gasteiger partial charge is 0.497 e. The van der Waals surface area contributed by atoms with E-state index in [2.05, 4.69) is 15.7 Å². The van der Waals surface area contributed by atoms with Crippen molar-refractivity contribution in [2.24, 2.45) is 0 Å². The first kappa shape index (κ1) is 18.1. The monoisotopic (exact) mass is 368 g/mol. The topological polar surface area (TPSA) is 68.2 Å². The third-order valence-corrected chi connectivity index (χ3v) is 4.11. The Morgan fingerprint density at radius 3 is 2.96 bits per heavy atom. The number of nitrogens with zero attached hydrogens (tertiary/aromatic N) is 2. The molecule has 1 aromatic carbocycles. The number of alkyl halides is 3. The van der Waals surface area contributed by atoms with Crippen LogP contribution in [0.1, 0.15) is 30.1 Å². The molecule has 0 bridgehead atoms. The van der Waals surface area contributed by atoms with Crippen LogP contribution in [0.3, 0.4) is 0 Å². The fourth-order valence-electron chi connectivity index (χ4n) is 3.03. The molecule has 1 aliphatic carbocycles. The van der Waals surface area contributed by atoms with E-state index in [0.717, 1.165) is 16.7 Å². The van der Waals surface area contributed by atoms with E-state index in [4.69, 9.17) is 4.74 Å². The van der Waals surface area contributed by atoms with Gasteiger partial charge in [-0.15, -0.1) is 0 Å². The normalized spacial score (nSPS) is 16.7. The van der Waals surface area contributed by atoms with Crippen LogP contribution in [0.5, 0.6) is 5.75 Å². The molecule has 0 aliphatic heterocycles. The van der Waals surface area contributed by atoms with Crippen molar-refractivity contribution < 1.29 is 22.7 Å². The maximum Gasteiger partial charge on any atom is 0.408 e. The zero-order chi connectivity index (χ0) is 18.7. The Hall–Kier alpha value is -2.71. The van der Waals surface area contributed by atoms with Crippen LogP contribution in [0.15, 0.2) is 30.5 Å². The van der Waals surface area contributed by atoms with Crippen LogP contribution >= 0.6 is 0 Å². The first-order valence-corrected chi connectivity index (χ1v) is 8.18. The van der Waals surface area contributed by atoms with Crippen molar-refractivity contribution in [3.8, 4) is 5.75 Å². The van der Waals surface area contributed by atoms with Gasteiger partial charge in [-0.2, -0.15) is 18.3 Å². The molecule has 6 nitrogen and oxygen atoms in total. The molecule has 26 heavy (non-hydrogen) atoms.